The normalized spacial score (nSPS) is 10.3. The van der Waals surface area contributed by atoms with E-state index in [-0.39, 0.29) is 0 Å². The van der Waals surface area contributed by atoms with Crippen molar-refractivity contribution in [1.29, 1.82) is 0 Å². The largest absolute Gasteiger partial charge is 0.494 e. The average Bonchev–Trinajstić information content (AvgIpc) is 2.23. The molecule has 0 atom stereocenters. The summed E-state index contributed by atoms with van der Waals surface area (Å²) in [5.74, 6) is 0.997. The maximum absolute atomic E-state index is 5.50. The molecule has 0 saturated carbocycles. The van der Waals surface area contributed by atoms with Crippen LogP contribution in [0.3, 0.4) is 0 Å². The molecular formula is C13H21NO. The third-order valence-corrected chi connectivity index (χ3v) is 2.30. The third-order valence-electron chi connectivity index (χ3n) is 2.30. The van der Waals surface area contributed by atoms with Crippen LogP contribution in [0.5, 0.6) is 5.75 Å². The first-order valence-electron chi connectivity index (χ1n) is 5.71. The van der Waals surface area contributed by atoms with Crippen LogP contribution in [-0.2, 0) is 6.54 Å². The Bertz CT molecular complexity index is 297. The summed E-state index contributed by atoms with van der Waals surface area (Å²) in [7, 11) is 0. The summed E-state index contributed by atoms with van der Waals surface area (Å²) in [6.45, 7) is 9.03. The molecule has 1 aromatic carbocycles. The van der Waals surface area contributed by atoms with Gasteiger partial charge in [0.05, 0.1) is 6.61 Å². The lowest BCUT2D eigenvalue weighted by Gasteiger charge is -2.09. The van der Waals surface area contributed by atoms with Crippen molar-refractivity contribution in [3.8, 4) is 5.75 Å². The number of hydrogen-bond donors (Lipinski definition) is 1. The van der Waals surface area contributed by atoms with Crippen LogP contribution < -0.4 is 10.1 Å². The lowest BCUT2D eigenvalue weighted by atomic mass is 10.1. The Morgan fingerprint density at radius 2 is 2.07 bits per heavy atom. The highest BCUT2D eigenvalue weighted by Crippen LogP contribution is 2.18. The van der Waals surface area contributed by atoms with Crippen molar-refractivity contribution in [3.63, 3.8) is 0 Å². The Morgan fingerprint density at radius 3 is 2.67 bits per heavy atom. The first kappa shape index (κ1) is 12.1. The lowest BCUT2D eigenvalue weighted by Crippen LogP contribution is -2.13. The van der Waals surface area contributed by atoms with E-state index < -0.39 is 0 Å². The Morgan fingerprint density at radius 1 is 1.27 bits per heavy atom. The van der Waals surface area contributed by atoms with Gasteiger partial charge in [0.1, 0.15) is 5.75 Å². The maximum atomic E-state index is 5.50. The summed E-state index contributed by atoms with van der Waals surface area (Å²) in [6, 6.07) is 6.37. The number of aryl methyl sites for hydroxylation is 1. The Labute approximate surface area is 92.6 Å². The zero-order chi connectivity index (χ0) is 11.1. The summed E-state index contributed by atoms with van der Waals surface area (Å²) >= 11 is 0. The molecule has 0 bridgehead atoms. The number of rotatable bonds is 6. The van der Waals surface area contributed by atoms with Gasteiger partial charge in [-0.05, 0) is 44.0 Å². The van der Waals surface area contributed by atoms with E-state index in [1.54, 1.807) is 0 Å². The first-order valence-corrected chi connectivity index (χ1v) is 5.71. The van der Waals surface area contributed by atoms with Crippen LogP contribution >= 0.6 is 0 Å². The minimum absolute atomic E-state index is 0.730. The van der Waals surface area contributed by atoms with E-state index in [4.69, 9.17) is 4.74 Å². The molecule has 0 heterocycles. The number of hydrogen-bond acceptors (Lipinski definition) is 2. The van der Waals surface area contributed by atoms with E-state index in [2.05, 4.69) is 37.4 Å². The van der Waals surface area contributed by atoms with Gasteiger partial charge in [0.25, 0.3) is 0 Å². The van der Waals surface area contributed by atoms with Crippen molar-refractivity contribution >= 4 is 0 Å². The van der Waals surface area contributed by atoms with Crippen molar-refractivity contribution in [2.24, 2.45) is 0 Å². The standard InChI is InChI=1S/C13H21NO/c1-4-8-14-10-12-6-7-13(15-5-2)11(3)9-12/h6-7,9,14H,4-5,8,10H2,1-3H3. The van der Waals surface area contributed by atoms with E-state index in [1.165, 1.54) is 17.5 Å². The summed E-state index contributed by atoms with van der Waals surface area (Å²) < 4.78 is 5.50. The molecule has 0 aromatic heterocycles. The monoisotopic (exact) mass is 207 g/mol. The highest BCUT2D eigenvalue weighted by molar-refractivity contribution is 5.36. The van der Waals surface area contributed by atoms with Gasteiger partial charge in [-0.3, -0.25) is 0 Å². The molecule has 0 amide bonds. The molecule has 0 unspecified atom stereocenters. The minimum Gasteiger partial charge on any atom is -0.494 e. The van der Waals surface area contributed by atoms with Crippen LogP contribution in [0.1, 0.15) is 31.4 Å². The summed E-state index contributed by atoms with van der Waals surface area (Å²) in [6.07, 6.45) is 1.18. The van der Waals surface area contributed by atoms with Gasteiger partial charge in [-0.1, -0.05) is 19.1 Å². The molecule has 0 fully saturated rings. The van der Waals surface area contributed by atoms with Crippen LogP contribution in [0.2, 0.25) is 0 Å². The molecule has 84 valence electrons. The summed E-state index contributed by atoms with van der Waals surface area (Å²) in [4.78, 5) is 0. The molecule has 0 aliphatic heterocycles. The zero-order valence-electron chi connectivity index (χ0n) is 9.97. The number of ether oxygens (including phenoxy) is 1. The van der Waals surface area contributed by atoms with E-state index >= 15 is 0 Å². The Balaban J connectivity index is 2.56. The average molecular weight is 207 g/mol. The molecule has 1 N–H and O–H groups in total. The van der Waals surface area contributed by atoms with Gasteiger partial charge >= 0.3 is 0 Å². The fourth-order valence-electron chi connectivity index (χ4n) is 1.55. The van der Waals surface area contributed by atoms with Gasteiger partial charge in [0.15, 0.2) is 0 Å². The fourth-order valence-corrected chi connectivity index (χ4v) is 1.55. The minimum atomic E-state index is 0.730. The first-order chi connectivity index (χ1) is 7.27. The van der Waals surface area contributed by atoms with Crippen LogP contribution in [0.4, 0.5) is 0 Å². The van der Waals surface area contributed by atoms with Crippen molar-refractivity contribution in [1.82, 2.24) is 5.32 Å². The second-order valence-corrected chi connectivity index (χ2v) is 3.71. The van der Waals surface area contributed by atoms with E-state index in [0.717, 1.165) is 25.4 Å². The second kappa shape index (κ2) is 6.46. The highest BCUT2D eigenvalue weighted by atomic mass is 16.5. The van der Waals surface area contributed by atoms with Crippen molar-refractivity contribution in [2.45, 2.75) is 33.7 Å². The molecule has 0 saturated heterocycles. The van der Waals surface area contributed by atoms with Crippen LogP contribution in [0.15, 0.2) is 18.2 Å². The molecule has 2 heteroatoms. The van der Waals surface area contributed by atoms with E-state index in [9.17, 15) is 0 Å². The predicted molar refractivity (Wildman–Crippen MR) is 64.3 cm³/mol. The molecule has 2 nitrogen and oxygen atoms in total. The van der Waals surface area contributed by atoms with Crippen molar-refractivity contribution < 1.29 is 4.74 Å². The Hall–Kier alpha value is -1.02. The number of nitrogens with one attached hydrogen (secondary N) is 1. The van der Waals surface area contributed by atoms with Crippen LogP contribution in [0.25, 0.3) is 0 Å². The molecule has 1 rings (SSSR count). The molecule has 0 radical (unpaired) electrons. The summed E-state index contributed by atoms with van der Waals surface area (Å²) in [5.41, 5.74) is 2.54. The molecule has 0 spiro atoms. The van der Waals surface area contributed by atoms with Gasteiger partial charge in [-0.15, -0.1) is 0 Å². The van der Waals surface area contributed by atoms with Crippen molar-refractivity contribution in [3.05, 3.63) is 29.3 Å². The van der Waals surface area contributed by atoms with E-state index in [0.29, 0.717) is 0 Å². The van der Waals surface area contributed by atoms with E-state index in [1.807, 2.05) is 6.92 Å². The van der Waals surface area contributed by atoms with Gasteiger partial charge in [-0.25, -0.2) is 0 Å². The van der Waals surface area contributed by atoms with Gasteiger partial charge in [0.2, 0.25) is 0 Å². The fraction of sp³-hybridized carbons (Fsp3) is 0.538. The Kier molecular flexibility index (Phi) is 5.19. The summed E-state index contributed by atoms with van der Waals surface area (Å²) in [5, 5.41) is 3.39. The molecule has 1 aromatic rings. The number of benzene rings is 1. The zero-order valence-corrected chi connectivity index (χ0v) is 9.97. The topological polar surface area (TPSA) is 21.3 Å². The molecule has 15 heavy (non-hydrogen) atoms. The molecule has 0 aliphatic carbocycles. The SMILES string of the molecule is CCCNCc1ccc(OCC)c(C)c1. The molecule has 0 aliphatic rings. The third kappa shape index (κ3) is 3.92. The molecular weight excluding hydrogens is 186 g/mol. The maximum Gasteiger partial charge on any atom is 0.122 e. The highest BCUT2D eigenvalue weighted by Gasteiger charge is 1.99. The van der Waals surface area contributed by atoms with Crippen molar-refractivity contribution in [2.75, 3.05) is 13.2 Å². The lowest BCUT2D eigenvalue weighted by molar-refractivity contribution is 0.338. The van der Waals surface area contributed by atoms with Crippen LogP contribution in [-0.4, -0.2) is 13.2 Å². The van der Waals surface area contributed by atoms with Gasteiger partial charge in [-0.2, -0.15) is 0 Å². The quantitative estimate of drug-likeness (QED) is 0.724. The van der Waals surface area contributed by atoms with Gasteiger partial charge in [0, 0.05) is 6.54 Å². The second-order valence-electron chi connectivity index (χ2n) is 3.71. The van der Waals surface area contributed by atoms with Gasteiger partial charge < -0.3 is 10.1 Å². The smallest absolute Gasteiger partial charge is 0.122 e. The van der Waals surface area contributed by atoms with Crippen LogP contribution in [0, 0.1) is 6.92 Å². The predicted octanol–water partition coefficient (Wildman–Crippen LogP) is 2.89.